The first-order chi connectivity index (χ1) is 13.5. The van der Waals surface area contributed by atoms with Crippen LogP contribution in [0.15, 0.2) is 41.5 Å². The monoisotopic (exact) mass is 386 g/mol. The van der Waals surface area contributed by atoms with Gasteiger partial charge in [0, 0.05) is 6.42 Å². The summed E-state index contributed by atoms with van der Waals surface area (Å²) in [7, 11) is 2.84. The normalized spacial score (nSPS) is 10.6. The summed E-state index contributed by atoms with van der Waals surface area (Å²) in [6.07, 6.45) is 1.59. The van der Waals surface area contributed by atoms with Gasteiger partial charge >= 0.3 is 6.09 Å². The molecule has 1 N–H and O–H groups in total. The third-order valence-corrected chi connectivity index (χ3v) is 3.75. The van der Waals surface area contributed by atoms with Crippen molar-refractivity contribution in [2.75, 3.05) is 27.4 Å². The number of hydrogen-bond acceptors (Lipinski definition) is 6. The van der Waals surface area contributed by atoms with Crippen molar-refractivity contribution in [2.24, 2.45) is 5.10 Å². The van der Waals surface area contributed by atoms with Crippen LogP contribution in [-0.2, 0) is 4.74 Å². The van der Waals surface area contributed by atoms with E-state index in [2.05, 4.69) is 35.2 Å². The number of benzene rings is 2. The molecule has 0 atom stereocenters. The average Bonchev–Trinajstić information content (AvgIpc) is 2.67. The zero-order valence-electron chi connectivity index (χ0n) is 16.7. The molecule has 150 valence electrons. The minimum atomic E-state index is -0.633. The van der Waals surface area contributed by atoms with Gasteiger partial charge in [-0.3, -0.25) is 0 Å². The highest BCUT2D eigenvalue weighted by atomic mass is 16.5. The molecule has 1 amide bonds. The summed E-state index contributed by atoms with van der Waals surface area (Å²) in [6, 6.07) is 11.5. The maximum atomic E-state index is 11.0. The molecule has 0 heterocycles. The number of carbonyl (C=O) groups excluding carboxylic acids is 1. The van der Waals surface area contributed by atoms with Crippen molar-refractivity contribution in [1.29, 1.82) is 0 Å². The van der Waals surface area contributed by atoms with Gasteiger partial charge in [-0.15, -0.1) is 0 Å². The van der Waals surface area contributed by atoms with E-state index in [9.17, 15) is 4.79 Å². The fourth-order valence-electron chi connectivity index (χ4n) is 2.54. The second-order valence-corrected chi connectivity index (χ2v) is 6.15. The molecule has 0 unspecified atom stereocenters. The molecule has 2 aromatic carbocycles. The Bertz CT molecular complexity index is 800. The first kappa shape index (κ1) is 21.1. The first-order valence-corrected chi connectivity index (χ1v) is 8.91. The number of aryl methyl sites for hydroxylation is 2. The molecule has 28 heavy (non-hydrogen) atoms. The zero-order valence-corrected chi connectivity index (χ0v) is 16.7. The molecule has 0 aromatic heterocycles. The van der Waals surface area contributed by atoms with Gasteiger partial charge in [0.1, 0.15) is 5.75 Å². The van der Waals surface area contributed by atoms with E-state index in [1.54, 1.807) is 19.2 Å². The third kappa shape index (κ3) is 6.83. The van der Waals surface area contributed by atoms with Crippen molar-refractivity contribution in [2.45, 2.75) is 20.3 Å². The predicted octanol–water partition coefficient (Wildman–Crippen LogP) is 3.85. The Morgan fingerprint density at radius 3 is 2.39 bits per heavy atom. The second kappa shape index (κ2) is 10.8. The van der Waals surface area contributed by atoms with E-state index < -0.39 is 6.09 Å². The van der Waals surface area contributed by atoms with E-state index in [0.717, 1.165) is 17.7 Å². The molecular formula is C21H26N2O5. The smallest absolute Gasteiger partial charge is 0.427 e. The van der Waals surface area contributed by atoms with Crippen LogP contribution in [0.1, 0.15) is 23.1 Å². The highest BCUT2D eigenvalue weighted by molar-refractivity contribution is 5.82. The van der Waals surface area contributed by atoms with Crippen LogP contribution in [0.3, 0.4) is 0 Å². The van der Waals surface area contributed by atoms with Crippen molar-refractivity contribution in [1.82, 2.24) is 5.43 Å². The van der Waals surface area contributed by atoms with Gasteiger partial charge in [-0.2, -0.15) is 5.10 Å². The topological polar surface area (TPSA) is 78.4 Å². The van der Waals surface area contributed by atoms with Gasteiger partial charge in [0.15, 0.2) is 11.5 Å². The molecule has 0 aliphatic heterocycles. The summed E-state index contributed by atoms with van der Waals surface area (Å²) in [5.41, 5.74) is 5.34. The lowest BCUT2D eigenvalue weighted by Crippen LogP contribution is -2.16. The van der Waals surface area contributed by atoms with Gasteiger partial charge < -0.3 is 18.9 Å². The lowest BCUT2D eigenvalue weighted by molar-refractivity contribution is 0.171. The highest BCUT2D eigenvalue weighted by Crippen LogP contribution is 2.27. The minimum absolute atomic E-state index is 0.499. The van der Waals surface area contributed by atoms with E-state index in [0.29, 0.717) is 24.7 Å². The lowest BCUT2D eigenvalue weighted by atomic mass is 10.1. The van der Waals surface area contributed by atoms with Crippen LogP contribution in [0.5, 0.6) is 17.2 Å². The van der Waals surface area contributed by atoms with Crippen molar-refractivity contribution in [3.8, 4) is 17.2 Å². The number of hydrogen-bond donors (Lipinski definition) is 1. The number of methoxy groups -OCH3 is 2. The molecule has 2 aromatic rings. The van der Waals surface area contributed by atoms with Crippen molar-refractivity contribution in [3.05, 3.63) is 53.1 Å². The number of carbonyl (C=O) groups is 1. The Kier molecular flexibility index (Phi) is 8.14. The van der Waals surface area contributed by atoms with Gasteiger partial charge in [-0.05, 0) is 60.9 Å². The molecule has 7 heteroatoms. The number of nitrogens with zero attached hydrogens (tertiary/aromatic N) is 1. The third-order valence-electron chi connectivity index (χ3n) is 3.75. The first-order valence-electron chi connectivity index (χ1n) is 8.91. The molecule has 0 fully saturated rings. The average molecular weight is 386 g/mol. The lowest BCUT2D eigenvalue weighted by Gasteiger charge is -2.12. The summed E-state index contributed by atoms with van der Waals surface area (Å²) in [6.45, 7) is 5.16. The van der Waals surface area contributed by atoms with E-state index in [1.165, 1.54) is 24.5 Å². The Hall–Kier alpha value is -3.22. The van der Waals surface area contributed by atoms with Crippen LogP contribution in [0, 0.1) is 13.8 Å². The second-order valence-electron chi connectivity index (χ2n) is 6.15. The largest absolute Gasteiger partial charge is 0.493 e. The molecule has 0 bridgehead atoms. The molecule has 0 aliphatic carbocycles. The van der Waals surface area contributed by atoms with Crippen molar-refractivity contribution >= 4 is 12.3 Å². The highest BCUT2D eigenvalue weighted by Gasteiger charge is 2.06. The van der Waals surface area contributed by atoms with Crippen molar-refractivity contribution in [3.63, 3.8) is 0 Å². The number of amides is 1. The number of hydrazone groups is 1. The van der Waals surface area contributed by atoms with Gasteiger partial charge in [0.05, 0.1) is 33.6 Å². The molecule has 0 aliphatic rings. The zero-order chi connectivity index (χ0) is 20.4. The van der Waals surface area contributed by atoms with Crippen LogP contribution in [0.2, 0.25) is 0 Å². The van der Waals surface area contributed by atoms with Gasteiger partial charge in [0.2, 0.25) is 0 Å². The summed E-state index contributed by atoms with van der Waals surface area (Å²) in [4.78, 5) is 11.0. The van der Waals surface area contributed by atoms with Gasteiger partial charge in [-0.1, -0.05) is 6.07 Å². The Balaban J connectivity index is 1.82. The van der Waals surface area contributed by atoms with Crippen LogP contribution in [0.4, 0.5) is 4.79 Å². The van der Waals surface area contributed by atoms with Gasteiger partial charge in [0.25, 0.3) is 0 Å². The van der Waals surface area contributed by atoms with Gasteiger partial charge in [-0.25, -0.2) is 10.2 Å². The maximum absolute atomic E-state index is 11.0. The molecule has 0 spiro atoms. The Morgan fingerprint density at radius 2 is 1.71 bits per heavy atom. The SMILES string of the molecule is COC(=O)NN=Cc1ccc(OCCCOc2cc(C)cc(C)c2)c(OC)c1. The summed E-state index contributed by atoms with van der Waals surface area (Å²) < 4.78 is 21.4. The van der Waals surface area contributed by atoms with Crippen LogP contribution in [-0.4, -0.2) is 39.7 Å². The Labute approximate surface area is 165 Å². The molecular weight excluding hydrogens is 360 g/mol. The van der Waals surface area contributed by atoms with E-state index in [1.807, 2.05) is 18.2 Å². The molecule has 0 saturated heterocycles. The molecule has 0 saturated carbocycles. The standard InChI is InChI=1S/C21H26N2O5/c1-15-10-16(2)12-18(11-15)27-8-5-9-28-19-7-6-17(13-20(19)25-3)14-22-23-21(24)26-4/h6-7,10-14H,5,8-9H2,1-4H3,(H,23,24). The summed E-state index contributed by atoms with van der Waals surface area (Å²) in [5.74, 6) is 2.09. The van der Waals surface area contributed by atoms with E-state index >= 15 is 0 Å². The number of rotatable bonds is 9. The Morgan fingerprint density at radius 1 is 1.00 bits per heavy atom. The number of nitrogens with one attached hydrogen (secondary N) is 1. The summed E-state index contributed by atoms with van der Waals surface area (Å²) in [5, 5.41) is 3.78. The number of ether oxygens (including phenoxy) is 4. The maximum Gasteiger partial charge on any atom is 0.427 e. The molecule has 7 nitrogen and oxygen atoms in total. The van der Waals surface area contributed by atoms with E-state index in [4.69, 9.17) is 14.2 Å². The predicted molar refractivity (Wildman–Crippen MR) is 108 cm³/mol. The molecule has 2 rings (SSSR count). The fraction of sp³-hybridized carbons (Fsp3) is 0.333. The minimum Gasteiger partial charge on any atom is -0.493 e. The summed E-state index contributed by atoms with van der Waals surface area (Å²) >= 11 is 0. The molecule has 0 radical (unpaired) electrons. The fourth-order valence-corrected chi connectivity index (χ4v) is 2.54. The van der Waals surface area contributed by atoms with Crippen LogP contribution >= 0.6 is 0 Å². The van der Waals surface area contributed by atoms with Crippen molar-refractivity contribution < 1.29 is 23.7 Å². The van der Waals surface area contributed by atoms with Crippen LogP contribution < -0.4 is 19.6 Å². The van der Waals surface area contributed by atoms with E-state index in [-0.39, 0.29) is 0 Å². The van der Waals surface area contributed by atoms with Crippen LogP contribution in [0.25, 0.3) is 0 Å². The quantitative estimate of drug-likeness (QED) is 0.402.